The molecular formula is C18H14F2O2. The molecule has 0 heterocycles. The second kappa shape index (κ2) is 5.79. The lowest BCUT2D eigenvalue weighted by Gasteiger charge is -2.21. The maximum absolute atomic E-state index is 13.3. The van der Waals surface area contributed by atoms with Gasteiger partial charge in [0, 0.05) is 18.9 Å². The highest BCUT2D eigenvalue weighted by molar-refractivity contribution is 6.02. The van der Waals surface area contributed by atoms with Crippen molar-refractivity contribution >= 4 is 11.6 Å². The predicted molar refractivity (Wildman–Crippen MR) is 78.4 cm³/mol. The fourth-order valence-corrected chi connectivity index (χ4v) is 2.91. The summed E-state index contributed by atoms with van der Waals surface area (Å²) >= 11 is 0. The molecule has 0 amide bonds. The smallest absolute Gasteiger partial charge is 0.140 e. The summed E-state index contributed by atoms with van der Waals surface area (Å²) in [6, 6.07) is 10.5. The molecule has 1 saturated carbocycles. The first-order valence-electron chi connectivity index (χ1n) is 7.11. The van der Waals surface area contributed by atoms with Gasteiger partial charge >= 0.3 is 0 Å². The van der Waals surface area contributed by atoms with Crippen LogP contribution in [0.25, 0.3) is 11.1 Å². The molecule has 112 valence electrons. The SMILES string of the molecule is O=C1CC(=O)CC(c2cccc(-c3cc(F)cc(F)c3)c2)C1. The zero-order chi connectivity index (χ0) is 15.7. The van der Waals surface area contributed by atoms with Gasteiger partial charge in [-0.3, -0.25) is 9.59 Å². The highest BCUT2D eigenvalue weighted by Crippen LogP contribution is 2.32. The number of halogens is 2. The Morgan fingerprint density at radius 1 is 0.818 bits per heavy atom. The molecule has 0 N–H and O–H groups in total. The van der Waals surface area contributed by atoms with Gasteiger partial charge in [0.1, 0.15) is 23.2 Å². The Morgan fingerprint density at radius 3 is 2.09 bits per heavy atom. The van der Waals surface area contributed by atoms with Crippen molar-refractivity contribution in [1.82, 2.24) is 0 Å². The van der Waals surface area contributed by atoms with Crippen LogP contribution < -0.4 is 0 Å². The number of rotatable bonds is 2. The molecule has 0 bridgehead atoms. The van der Waals surface area contributed by atoms with Gasteiger partial charge in [0.2, 0.25) is 0 Å². The fraction of sp³-hybridized carbons (Fsp3) is 0.222. The molecule has 4 heteroatoms. The molecule has 3 rings (SSSR count). The average Bonchev–Trinajstić information content (AvgIpc) is 2.45. The van der Waals surface area contributed by atoms with E-state index in [-0.39, 0.29) is 23.9 Å². The normalized spacial score (nSPS) is 16.1. The van der Waals surface area contributed by atoms with Crippen molar-refractivity contribution in [2.75, 3.05) is 0 Å². The van der Waals surface area contributed by atoms with E-state index in [2.05, 4.69) is 0 Å². The molecule has 1 fully saturated rings. The zero-order valence-corrected chi connectivity index (χ0v) is 11.8. The number of carbonyl (C=O) groups excluding carboxylic acids is 2. The predicted octanol–water partition coefficient (Wildman–Crippen LogP) is 4.04. The lowest BCUT2D eigenvalue weighted by molar-refractivity contribution is -0.130. The first-order valence-corrected chi connectivity index (χ1v) is 7.11. The van der Waals surface area contributed by atoms with E-state index in [1.807, 2.05) is 6.07 Å². The number of ketones is 2. The Bertz CT molecular complexity index is 716. The van der Waals surface area contributed by atoms with E-state index in [4.69, 9.17) is 0 Å². The summed E-state index contributed by atoms with van der Waals surface area (Å²) in [4.78, 5) is 23.2. The van der Waals surface area contributed by atoms with Crippen LogP contribution in [-0.4, -0.2) is 11.6 Å². The number of Topliss-reactive ketones (excluding diaryl/α,β-unsaturated/α-hetero) is 2. The minimum Gasteiger partial charge on any atom is -0.299 e. The van der Waals surface area contributed by atoms with E-state index in [1.54, 1.807) is 18.2 Å². The van der Waals surface area contributed by atoms with Crippen LogP contribution in [0.15, 0.2) is 42.5 Å². The zero-order valence-electron chi connectivity index (χ0n) is 11.8. The van der Waals surface area contributed by atoms with Gasteiger partial charge in [-0.15, -0.1) is 0 Å². The highest BCUT2D eigenvalue weighted by atomic mass is 19.1. The summed E-state index contributed by atoms with van der Waals surface area (Å²) < 4.78 is 26.7. The van der Waals surface area contributed by atoms with Crippen molar-refractivity contribution in [3.05, 3.63) is 59.7 Å². The molecule has 22 heavy (non-hydrogen) atoms. The lowest BCUT2D eigenvalue weighted by Crippen LogP contribution is -2.21. The van der Waals surface area contributed by atoms with Crippen molar-refractivity contribution in [2.45, 2.75) is 25.2 Å². The summed E-state index contributed by atoms with van der Waals surface area (Å²) in [6.07, 6.45) is 0.699. The van der Waals surface area contributed by atoms with Crippen LogP contribution in [0.3, 0.4) is 0 Å². The Labute approximate surface area is 126 Å². The quantitative estimate of drug-likeness (QED) is 0.784. The largest absolute Gasteiger partial charge is 0.299 e. The molecule has 2 aromatic carbocycles. The van der Waals surface area contributed by atoms with Gasteiger partial charge in [-0.1, -0.05) is 24.3 Å². The van der Waals surface area contributed by atoms with Crippen molar-refractivity contribution in [3.8, 4) is 11.1 Å². The second-order valence-electron chi connectivity index (χ2n) is 5.64. The summed E-state index contributed by atoms with van der Waals surface area (Å²) in [5, 5.41) is 0. The third kappa shape index (κ3) is 3.11. The van der Waals surface area contributed by atoms with Gasteiger partial charge < -0.3 is 0 Å². The summed E-state index contributed by atoms with van der Waals surface area (Å²) in [6.45, 7) is 0. The average molecular weight is 300 g/mol. The van der Waals surface area contributed by atoms with Crippen LogP contribution in [-0.2, 0) is 9.59 Å². The van der Waals surface area contributed by atoms with Gasteiger partial charge in [0.15, 0.2) is 0 Å². The van der Waals surface area contributed by atoms with E-state index in [0.717, 1.165) is 11.6 Å². The molecule has 0 saturated heterocycles. The molecule has 1 aliphatic carbocycles. The third-order valence-electron chi connectivity index (χ3n) is 3.90. The number of hydrogen-bond acceptors (Lipinski definition) is 2. The molecule has 0 spiro atoms. The van der Waals surface area contributed by atoms with Crippen LogP contribution in [0, 0.1) is 11.6 Å². The van der Waals surface area contributed by atoms with E-state index < -0.39 is 11.6 Å². The molecule has 2 aromatic rings. The van der Waals surface area contributed by atoms with E-state index in [1.165, 1.54) is 12.1 Å². The number of benzene rings is 2. The summed E-state index contributed by atoms with van der Waals surface area (Å²) in [5.41, 5.74) is 1.96. The van der Waals surface area contributed by atoms with Gasteiger partial charge in [-0.2, -0.15) is 0 Å². The molecule has 0 aromatic heterocycles. The van der Waals surface area contributed by atoms with Gasteiger partial charge in [-0.25, -0.2) is 8.78 Å². The first kappa shape index (κ1) is 14.6. The number of carbonyl (C=O) groups is 2. The second-order valence-corrected chi connectivity index (χ2v) is 5.64. The monoisotopic (exact) mass is 300 g/mol. The van der Waals surface area contributed by atoms with Gasteiger partial charge in [-0.05, 0) is 34.7 Å². The lowest BCUT2D eigenvalue weighted by atomic mass is 9.82. The maximum Gasteiger partial charge on any atom is 0.140 e. The summed E-state index contributed by atoms with van der Waals surface area (Å²) in [7, 11) is 0. The molecule has 0 atom stereocenters. The maximum atomic E-state index is 13.3. The van der Waals surface area contributed by atoms with Crippen LogP contribution >= 0.6 is 0 Å². The van der Waals surface area contributed by atoms with E-state index in [9.17, 15) is 18.4 Å². The molecule has 0 radical (unpaired) electrons. The topological polar surface area (TPSA) is 34.1 Å². The number of hydrogen-bond donors (Lipinski definition) is 0. The van der Waals surface area contributed by atoms with Crippen LogP contribution in [0.2, 0.25) is 0 Å². The van der Waals surface area contributed by atoms with Crippen molar-refractivity contribution < 1.29 is 18.4 Å². The Hall–Kier alpha value is -2.36. The minimum atomic E-state index is -0.636. The highest BCUT2D eigenvalue weighted by Gasteiger charge is 2.26. The molecule has 0 unspecified atom stereocenters. The Balaban J connectivity index is 1.95. The van der Waals surface area contributed by atoms with Crippen molar-refractivity contribution in [2.24, 2.45) is 0 Å². The Morgan fingerprint density at radius 2 is 1.45 bits per heavy atom. The van der Waals surface area contributed by atoms with E-state index in [0.29, 0.717) is 24.0 Å². The van der Waals surface area contributed by atoms with E-state index >= 15 is 0 Å². The van der Waals surface area contributed by atoms with Crippen LogP contribution in [0.1, 0.15) is 30.7 Å². The Kier molecular flexibility index (Phi) is 3.84. The fourth-order valence-electron chi connectivity index (χ4n) is 2.91. The van der Waals surface area contributed by atoms with Crippen LogP contribution in [0.4, 0.5) is 8.78 Å². The standard InChI is InChI=1S/C18H14F2O2/c19-15-5-13(6-16(20)9-15)11-2-1-3-12(4-11)14-7-17(21)10-18(22)8-14/h1-6,9,14H,7-8,10H2. The molecule has 2 nitrogen and oxygen atoms in total. The third-order valence-corrected chi connectivity index (χ3v) is 3.90. The van der Waals surface area contributed by atoms with Gasteiger partial charge in [0.05, 0.1) is 6.42 Å². The first-order chi connectivity index (χ1) is 10.5. The van der Waals surface area contributed by atoms with Crippen LogP contribution in [0.5, 0.6) is 0 Å². The summed E-state index contributed by atoms with van der Waals surface area (Å²) in [5.74, 6) is -1.52. The van der Waals surface area contributed by atoms with Crippen molar-refractivity contribution in [3.63, 3.8) is 0 Å². The van der Waals surface area contributed by atoms with Gasteiger partial charge in [0.25, 0.3) is 0 Å². The molecule has 0 aliphatic heterocycles. The van der Waals surface area contributed by atoms with Crippen molar-refractivity contribution in [1.29, 1.82) is 0 Å². The molecular weight excluding hydrogens is 286 g/mol. The molecule has 1 aliphatic rings. The minimum absolute atomic E-state index is 0.0191.